The van der Waals surface area contributed by atoms with E-state index in [-0.39, 0.29) is 18.4 Å². The number of benzene rings is 3. The average Bonchev–Trinajstić information content (AvgIpc) is 3.52. The molecule has 2 fully saturated rings. The van der Waals surface area contributed by atoms with Crippen LogP contribution >= 0.6 is 0 Å². The lowest BCUT2D eigenvalue weighted by Gasteiger charge is -2.29. The predicted molar refractivity (Wildman–Crippen MR) is 159 cm³/mol. The van der Waals surface area contributed by atoms with Crippen LogP contribution in [-0.4, -0.2) is 53.1 Å². The van der Waals surface area contributed by atoms with E-state index >= 15 is 0 Å². The molecular formula is C34H37N3O5. The number of nitrogens with zero attached hydrogens (tertiary/aromatic N) is 1. The second-order valence-corrected chi connectivity index (χ2v) is 11.0. The van der Waals surface area contributed by atoms with Crippen LogP contribution in [0.3, 0.4) is 0 Å². The number of hydrogen-bond donors (Lipinski definition) is 2. The number of Topliss-reactive ketones (excluding diaryl/α,β-unsaturated/α-hetero) is 1. The van der Waals surface area contributed by atoms with Gasteiger partial charge in [0.1, 0.15) is 23.6 Å². The smallest absolute Gasteiger partial charge is 0.289 e. The average molecular weight is 568 g/mol. The molecule has 2 N–H and O–H groups in total. The van der Waals surface area contributed by atoms with Gasteiger partial charge in [0, 0.05) is 24.6 Å². The van der Waals surface area contributed by atoms with Crippen molar-refractivity contribution in [2.75, 3.05) is 6.54 Å². The van der Waals surface area contributed by atoms with Crippen LogP contribution in [0, 0.1) is 0 Å². The molecule has 1 unspecified atom stereocenters. The fraction of sp³-hybridized carbons (Fsp3) is 0.353. The molecule has 0 spiro atoms. The predicted octanol–water partition coefficient (Wildman–Crippen LogP) is 4.83. The topological polar surface area (TPSA) is 105 Å². The minimum atomic E-state index is -0.923. The molecule has 1 heterocycles. The number of hydrogen-bond acceptors (Lipinski definition) is 5. The third kappa shape index (κ3) is 7.43. The zero-order valence-corrected chi connectivity index (χ0v) is 23.7. The summed E-state index contributed by atoms with van der Waals surface area (Å²) in [5.74, 6) is -0.865. The van der Waals surface area contributed by atoms with Gasteiger partial charge < -0.3 is 20.3 Å². The Kier molecular flexibility index (Phi) is 9.64. The van der Waals surface area contributed by atoms with Crippen molar-refractivity contribution in [1.29, 1.82) is 0 Å². The van der Waals surface area contributed by atoms with Crippen LogP contribution in [0.4, 0.5) is 0 Å². The summed E-state index contributed by atoms with van der Waals surface area (Å²) in [6, 6.07) is 23.7. The molecule has 2 atom stereocenters. The van der Waals surface area contributed by atoms with E-state index < -0.39 is 29.7 Å². The zero-order chi connectivity index (χ0) is 29.3. The summed E-state index contributed by atoms with van der Waals surface area (Å²) in [5.41, 5.74) is 1.21. The minimum Gasteiger partial charge on any atom is -0.457 e. The molecule has 8 nitrogen and oxygen atoms in total. The molecule has 1 saturated carbocycles. The number of carbonyl (C=O) groups excluding carboxylic acids is 4. The number of ether oxygens (including phenoxy) is 1. The first-order valence-corrected chi connectivity index (χ1v) is 14.8. The Labute approximate surface area is 246 Å². The van der Waals surface area contributed by atoms with Crippen LogP contribution in [-0.2, 0) is 20.8 Å². The van der Waals surface area contributed by atoms with Crippen LogP contribution in [0.15, 0.2) is 84.9 Å². The second-order valence-electron chi connectivity index (χ2n) is 11.0. The van der Waals surface area contributed by atoms with E-state index in [9.17, 15) is 19.2 Å². The number of ketones is 1. The van der Waals surface area contributed by atoms with E-state index in [1.807, 2.05) is 60.7 Å². The molecule has 3 aromatic carbocycles. The van der Waals surface area contributed by atoms with Crippen molar-refractivity contribution in [2.45, 2.75) is 69.5 Å². The maximum absolute atomic E-state index is 14.0. The Morgan fingerprint density at radius 2 is 1.48 bits per heavy atom. The van der Waals surface area contributed by atoms with Gasteiger partial charge in [-0.3, -0.25) is 19.2 Å². The number of nitrogens with one attached hydrogen (secondary N) is 2. The first-order chi connectivity index (χ1) is 20.5. The molecule has 1 saturated heterocycles. The molecule has 3 amide bonds. The molecule has 2 aliphatic rings. The lowest BCUT2D eigenvalue weighted by Crippen LogP contribution is -2.55. The Morgan fingerprint density at radius 1 is 0.786 bits per heavy atom. The fourth-order valence-corrected chi connectivity index (χ4v) is 5.77. The highest BCUT2D eigenvalue weighted by Gasteiger charge is 2.40. The van der Waals surface area contributed by atoms with Gasteiger partial charge in [-0.2, -0.15) is 0 Å². The summed E-state index contributed by atoms with van der Waals surface area (Å²) in [5, 5.41) is 5.80. The maximum atomic E-state index is 14.0. The first kappa shape index (κ1) is 29.0. The van der Waals surface area contributed by atoms with Gasteiger partial charge in [-0.1, -0.05) is 73.9 Å². The molecule has 0 aromatic heterocycles. The third-order valence-electron chi connectivity index (χ3n) is 7.96. The quantitative estimate of drug-likeness (QED) is 0.342. The van der Waals surface area contributed by atoms with Gasteiger partial charge in [0.2, 0.25) is 11.7 Å². The van der Waals surface area contributed by atoms with E-state index in [4.69, 9.17) is 4.74 Å². The molecular weight excluding hydrogens is 530 g/mol. The van der Waals surface area contributed by atoms with Gasteiger partial charge in [0.05, 0.1) is 0 Å². The van der Waals surface area contributed by atoms with Crippen LogP contribution in [0.5, 0.6) is 11.5 Å². The summed E-state index contributed by atoms with van der Waals surface area (Å²) in [7, 11) is 0. The van der Waals surface area contributed by atoms with Gasteiger partial charge in [0.15, 0.2) is 0 Å². The molecule has 0 radical (unpaired) electrons. The van der Waals surface area contributed by atoms with Gasteiger partial charge >= 0.3 is 0 Å². The molecule has 3 aromatic rings. The molecule has 218 valence electrons. The van der Waals surface area contributed by atoms with Crippen LogP contribution < -0.4 is 15.4 Å². The lowest BCUT2D eigenvalue weighted by atomic mass is 9.95. The van der Waals surface area contributed by atoms with Crippen LogP contribution in [0.2, 0.25) is 0 Å². The van der Waals surface area contributed by atoms with E-state index in [1.165, 1.54) is 4.90 Å². The van der Waals surface area contributed by atoms with Crippen molar-refractivity contribution in [3.8, 4) is 11.5 Å². The number of para-hydroxylation sites is 1. The van der Waals surface area contributed by atoms with Gasteiger partial charge in [-0.15, -0.1) is 0 Å². The van der Waals surface area contributed by atoms with Gasteiger partial charge in [-0.05, 0) is 61.6 Å². The molecule has 0 bridgehead atoms. The summed E-state index contributed by atoms with van der Waals surface area (Å²) in [6.07, 6.45) is 6.24. The van der Waals surface area contributed by atoms with Crippen molar-refractivity contribution in [3.63, 3.8) is 0 Å². The normalized spacial score (nSPS) is 17.7. The maximum Gasteiger partial charge on any atom is 0.289 e. The summed E-state index contributed by atoms with van der Waals surface area (Å²) < 4.78 is 5.89. The minimum absolute atomic E-state index is 0.00695. The highest BCUT2D eigenvalue weighted by atomic mass is 16.5. The molecule has 1 aliphatic carbocycles. The van der Waals surface area contributed by atoms with E-state index in [1.54, 1.807) is 24.3 Å². The van der Waals surface area contributed by atoms with Crippen molar-refractivity contribution in [2.24, 2.45) is 0 Å². The molecule has 5 rings (SSSR count). The van der Waals surface area contributed by atoms with Gasteiger partial charge in [-0.25, -0.2) is 0 Å². The van der Waals surface area contributed by atoms with Crippen molar-refractivity contribution < 1.29 is 23.9 Å². The Balaban J connectivity index is 1.31. The SMILES string of the molecule is O=C(NC1CCCCC1)C(=O)C1CCCN1C(=O)[C@H](Cc1ccccc1)NC(=O)c1cccc(Oc2ccccc2)c1. The number of rotatable bonds is 10. The summed E-state index contributed by atoms with van der Waals surface area (Å²) >= 11 is 0. The molecule has 42 heavy (non-hydrogen) atoms. The number of carbonyl (C=O) groups is 4. The van der Waals surface area contributed by atoms with Crippen molar-refractivity contribution in [1.82, 2.24) is 15.5 Å². The van der Waals surface area contributed by atoms with Gasteiger partial charge in [0.25, 0.3) is 11.8 Å². The van der Waals surface area contributed by atoms with Crippen LogP contribution in [0.1, 0.15) is 60.9 Å². The number of likely N-dealkylation sites (tertiary alicyclic amines) is 1. The lowest BCUT2D eigenvalue weighted by molar-refractivity contribution is -0.145. The Bertz CT molecular complexity index is 1390. The molecule has 8 heteroatoms. The monoisotopic (exact) mass is 567 g/mol. The number of amides is 3. The Morgan fingerprint density at radius 3 is 2.21 bits per heavy atom. The molecule has 1 aliphatic heterocycles. The van der Waals surface area contributed by atoms with Crippen molar-refractivity contribution in [3.05, 3.63) is 96.1 Å². The summed E-state index contributed by atoms with van der Waals surface area (Å²) in [4.78, 5) is 55.0. The Hall–Kier alpha value is -4.46. The van der Waals surface area contributed by atoms with E-state index in [0.717, 1.165) is 37.7 Å². The third-order valence-corrected chi connectivity index (χ3v) is 7.96. The largest absolute Gasteiger partial charge is 0.457 e. The highest BCUT2D eigenvalue weighted by Crippen LogP contribution is 2.24. The highest BCUT2D eigenvalue weighted by molar-refractivity contribution is 6.38. The standard InChI is InChI=1S/C34H37N3O5/c38-31(33(40)35-26-15-6-2-7-16-26)30-20-11-21-37(30)34(41)29(22-24-12-4-1-5-13-24)36-32(39)25-14-10-19-28(23-25)42-27-17-8-3-9-18-27/h1,3-5,8-10,12-14,17-19,23,26,29-30H,2,6-7,11,15-16,20-22H2,(H,35,40)(H,36,39)/t29-,30?/m0/s1. The van der Waals surface area contributed by atoms with E-state index in [0.29, 0.717) is 36.4 Å². The zero-order valence-electron chi connectivity index (χ0n) is 23.7. The van der Waals surface area contributed by atoms with Crippen molar-refractivity contribution >= 4 is 23.5 Å². The van der Waals surface area contributed by atoms with Crippen LogP contribution in [0.25, 0.3) is 0 Å². The second kappa shape index (κ2) is 13.9. The first-order valence-electron chi connectivity index (χ1n) is 14.8. The fourth-order valence-electron chi connectivity index (χ4n) is 5.77. The summed E-state index contributed by atoms with van der Waals surface area (Å²) in [6.45, 7) is 0.355. The van der Waals surface area contributed by atoms with E-state index in [2.05, 4.69) is 10.6 Å².